The van der Waals surface area contributed by atoms with Gasteiger partial charge in [-0.05, 0) is 24.1 Å². The van der Waals surface area contributed by atoms with Crippen LogP contribution < -0.4 is 9.64 Å². The zero-order valence-electron chi connectivity index (χ0n) is 16.3. The number of carbonyl (C=O) groups excluding carboxylic acids is 1. The van der Waals surface area contributed by atoms with Crippen molar-refractivity contribution in [1.29, 1.82) is 0 Å². The molecule has 1 amide bonds. The summed E-state index contributed by atoms with van der Waals surface area (Å²) in [5, 5.41) is 9.41. The van der Waals surface area contributed by atoms with E-state index in [1.807, 2.05) is 50.2 Å². The Morgan fingerprint density at radius 1 is 1.25 bits per heavy atom. The summed E-state index contributed by atoms with van der Waals surface area (Å²) in [5.41, 5.74) is 2.75. The van der Waals surface area contributed by atoms with Gasteiger partial charge in [-0.1, -0.05) is 50.6 Å². The quantitative estimate of drug-likeness (QED) is 0.833. The highest BCUT2D eigenvalue weighted by molar-refractivity contribution is 6.20. The van der Waals surface area contributed by atoms with Crippen LogP contribution in [0.15, 0.2) is 53.5 Å². The van der Waals surface area contributed by atoms with Gasteiger partial charge in [0, 0.05) is 11.1 Å². The molecule has 0 bridgehead atoms. The predicted octanol–water partition coefficient (Wildman–Crippen LogP) is 3.38. The molecule has 1 N–H and O–H groups in total. The number of aliphatic carboxylic acids is 1. The third-order valence-electron chi connectivity index (χ3n) is 5.06. The fraction of sp³-hybridized carbons (Fsp3) is 0.318. The van der Waals surface area contributed by atoms with Crippen LogP contribution in [-0.2, 0) is 9.59 Å². The molecule has 0 spiro atoms. The lowest BCUT2D eigenvalue weighted by Crippen LogP contribution is -2.43. The average molecular weight is 380 g/mol. The second kappa shape index (κ2) is 8.25. The Kier molecular flexibility index (Phi) is 5.78. The van der Waals surface area contributed by atoms with E-state index >= 15 is 0 Å². The molecule has 6 heteroatoms. The SMILES string of the molecule is CCC(C)C1N=C(c2ccccc2)c2cc(OC)ccc2N(CC(=O)O)C1=O. The van der Waals surface area contributed by atoms with Crippen molar-refractivity contribution < 1.29 is 19.4 Å². The molecule has 1 heterocycles. The molecule has 1 aliphatic rings. The van der Waals surface area contributed by atoms with Crippen molar-refractivity contribution in [1.82, 2.24) is 0 Å². The van der Waals surface area contributed by atoms with E-state index in [1.54, 1.807) is 19.2 Å². The van der Waals surface area contributed by atoms with E-state index in [4.69, 9.17) is 9.73 Å². The molecule has 2 aromatic rings. The fourth-order valence-electron chi connectivity index (χ4n) is 3.33. The normalized spacial score (nSPS) is 17.4. The maximum Gasteiger partial charge on any atom is 0.323 e. The number of rotatable bonds is 6. The predicted molar refractivity (Wildman–Crippen MR) is 108 cm³/mol. The molecule has 6 nitrogen and oxygen atoms in total. The molecule has 3 rings (SSSR count). The molecule has 1 aliphatic heterocycles. The van der Waals surface area contributed by atoms with Gasteiger partial charge < -0.3 is 9.84 Å². The summed E-state index contributed by atoms with van der Waals surface area (Å²) in [5.74, 6) is -0.777. The van der Waals surface area contributed by atoms with Crippen LogP contribution in [0.3, 0.4) is 0 Å². The highest BCUT2D eigenvalue weighted by atomic mass is 16.5. The van der Waals surface area contributed by atoms with E-state index in [9.17, 15) is 14.7 Å². The highest BCUT2D eigenvalue weighted by Gasteiger charge is 2.35. The maximum atomic E-state index is 13.3. The number of carboxylic acid groups (broad SMARTS) is 1. The van der Waals surface area contributed by atoms with Crippen molar-refractivity contribution in [3.63, 3.8) is 0 Å². The zero-order chi connectivity index (χ0) is 20.3. The van der Waals surface area contributed by atoms with Crippen molar-refractivity contribution in [3.8, 4) is 5.75 Å². The fourth-order valence-corrected chi connectivity index (χ4v) is 3.33. The summed E-state index contributed by atoms with van der Waals surface area (Å²) in [6.07, 6.45) is 0.753. The van der Waals surface area contributed by atoms with Crippen LogP contribution in [0.25, 0.3) is 0 Å². The molecule has 0 radical (unpaired) electrons. The van der Waals surface area contributed by atoms with E-state index in [2.05, 4.69) is 0 Å². The maximum absolute atomic E-state index is 13.3. The zero-order valence-corrected chi connectivity index (χ0v) is 16.3. The lowest BCUT2D eigenvalue weighted by atomic mass is 9.98. The van der Waals surface area contributed by atoms with Gasteiger partial charge in [0.15, 0.2) is 0 Å². The number of hydrogen-bond acceptors (Lipinski definition) is 4. The number of carboxylic acids is 1. The van der Waals surface area contributed by atoms with Gasteiger partial charge in [0.05, 0.1) is 18.5 Å². The first kappa shape index (κ1) is 19.6. The van der Waals surface area contributed by atoms with Crippen LogP contribution in [0.5, 0.6) is 5.75 Å². The van der Waals surface area contributed by atoms with Crippen molar-refractivity contribution in [2.75, 3.05) is 18.6 Å². The number of ether oxygens (including phenoxy) is 1. The third kappa shape index (κ3) is 3.76. The lowest BCUT2D eigenvalue weighted by molar-refractivity contribution is -0.136. The Bertz CT molecular complexity index is 908. The number of nitrogens with zero attached hydrogens (tertiary/aromatic N) is 2. The van der Waals surface area contributed by atoms with Gasteiger partial charge in [0.2, 0.25) is 0 Å². The number of anilines is 1. The summed E-state index contributed by atoms with van der Waals surface area (Å²) >= 11 is 0. The van der Waals surface area contributed by atoms with Crippen LogP contribution in [0.4, 0.5) is 5.69 Å². The number of aliphatic imine (C=N–C) groups is 1. The molecule has 2 atom stereocenters. The Hall–Kier alpha value is -3.15. The van der Waals surface area contributed by atoms with Gasteiger partial charge in [0.25, 0.3) is 5.91 Å². The number of benzene rings is 2. The Morgan fingerprint density at radius 2 is 1.96 bits per heavy atom. The van der Waals surface area contributed by atoms with Crippen molar-refractivity contribution in [2.45, 2.75) is 26.3 Å². The highest BCUT2D eigenvalue weighted by Crippen LogP contribution is 2.33. The molecule has 146 valence electrons. The van der Waals surface area contributed by atoms with E-state index in [0.29, 0.717) is 22.7 Å². The minimum absolute atomic E-state index is 0.0290. The summed E-state index contributed by atoms with van der Waals surface area (Å²) in [7, 11) is 1.57. The first-order chi connectivity index (χ1) is 13.5. The van der Waals surface area contributed by atoms with Crippen LogP contribution in [0.1, 0.15) is 31.4 Å². The van der Waals surface area contributed by atoms with Gasteiger partial charge in [-0.3, -0.25) is 19.5 Å². The summed E-state index contributed by atoms with van der Waals surface area (Å²) in [6, 6.07) is 14.2. The van der Waals surface area contributed by atoms with E-state index in [-0.39, 0.29) is 11.8 Å². The number of fused-ring (bicyclic) bond motifs is 1. The van der Waals surface area contributed by atoms with Gasteiger partial charge in [-0.25, -0.2) is 0 Å². The monoisotopic (exact) mass is 380 g/mol. The molecule has 0 saturated carbocycles. The Balaban J connectivity index is 2.28. The van der Waals surface area contributed by atoms with Gasteiger partial charge >= 0.3 is 5.97 Å². The van der Waals surface area contributed by atoms with Crippen LogP contribution in [-0.4, -0.2) is 42.4 Å². The molecule has 0 aliphatic carbocycles. The average Bonchev–Trinajstić information content (AvgIpc) is 2.82. The second-order valence-electron chi connectivity index (χ2n) is 6.88. The standard InChI is InChI=1S/C22H24N2O4/c1-4-14(2)20-22(27)24(13-19(25)26)18-11-10-16(28-3)12-17(18)21(23-20)15-8-6-5-7-9-15/h5-12,14,20H,4,13H2,1-3H3,(H,25,26). The van der Waals surface area contributed by atoms with Crippen LogP contribution >= 0.6 is 0 Å². The van der Waals surface area contributed by atoms with E-state index < -0.39 is 18.6 Å². The summed E-state index contributed by atoms with van der Waals surface area (Å²) in [4.78, 5) is 31.0. The molecule has 0 saturated heterocycles. The Labute approximate surface area is 164 Å². The minimum atomic E-state index is -1.07. The summed E-state index contributed by atoms with van der Waals surface area (Å²) < 4.78 is 5.37. The number of amides is 1. The number of benzodiazepines with no additional fused rings is 1. The molecule has 0 fully saturated rings. The second-order valence-corrected chi connectivity index (χ2v) is 6.88. The van der Waals surface area contributed by atoms with Crippen LogP contribution in [0, 0.1) is 5.92 Å². The summed E-state index contributed by atoms with van der Waals surface area (Å²) in [6.45, 7) is 3.55. The van der Waals surface area contributed by atoms with Crippen LogP contribution in [0.2, 0.25) is 0 Å². The van der Waals surface area contributed by atoms with E-state index in [0.717, 1.165) is 12.0 Å². The smallest absolute Gasteiger partial charge is 0.323 e. The largest absolute Gasteiger partial charge is 0.497 e. The minimum Gasteiger partial charge on any atom is -0.497 e. The first-order valence-electron chi connectivity index (χ1n) is 9.31. The third-order valence-corrected chi connectivity index (χ3v) is 5.06. The number of hydrogen-bond donors (Lipinski definition) is 1. The molecular formula is C22H24N2O4. The van der Waals surface area contributed by atoms with Crippen molar-refractivity contribution >= 4 is 23.3 Å². The first-order valence-corrected chi connectivity index (χ1v) is 9.31. The van der Waals surface area contributed by atoms with Gasteiger partial charge in [0.1, 0.15) is 18.3 Å². The topological polar surface area (TPSA) is 79.2 Å². The lowest BCUT2D eigenvalue weighted by Gasteiger charge is -2.25. The number of methoxy groups -OCH3 is 1. The molecule has 28 heavy (non-hydrogen) atoms. The van der Waals surface area contributed by atoms with Gasteiger partial charge in [-0.15, -0.1) is 0 Å². The van der Waals surface area contributed by atoms with E-state index in [1.165, 1.54) is 4.90 Å². The van der Waals surface area contributed by atoms with Gasteiger partial charge in [-0.2, -0.15) is 0 Å². The molecular weight excluding hydrogens is 356 g/mol. The van der Waals surface area contributed by atoms with Crippen molar-refractivity contribution in [2.24, 2.45) is 10.9 Å². The molecule has 2 unspecified atom stereocenters. The molecule has 0 aromatic heterocycles. The number of carbonyl (C=O) groups is 2. The van der Waals surface area contributed by atoms with Crippen molar-refractivity contribution in [3.05, 3.63) is 59.7 Å². The molecule has 2 aromatic carbocycles. The Morgan fingerprint density at radius 3 is 2.57 bits per heavy atom.